The molecule has 0 spiro atoms. The van der Waals surface area contributed by atoms with Crippen LogP contribution in [0.5, 0.6) is 11.6 Å². The predicted octanol–water partition coefficient (Wildman–Crippen LogP) is 5.09. The molecule has 0 bridgehead atoms. The summed E-state index contributed by atoms with van der Waals surface area (Å²) in [5.74, 6) is 1.14. The van der Waals surface area contributed by atoms with Crippen molar-refractivity contribution in [1.82, 2.24) is 19.9 Å². The Bertz CT molecular complexity index is 1080. The van der Waals surface area contributed by atoms with Crippen molar-refractivity contribution in [3.05, 3.63) is 72.0 Å². The molecule has 3 aromatic heterocycles. The summed E-state index contributed by atoms with van der Waals surface area (Å²) in [7, 11) is 0. The highest BCUT2D eigenvalue weighted by Gasteiger charge is 2.13. The number of hydrogen-bond donors (Lipinski definition) is 0. The molecule has 0 unspecified atom stereocenters. The summed E-state index contributed by atoms with van der Waals surface area (Å²) >= 11 is 6.19. The molecule has 0 atom stereocenters. The van der Waals surface area contributed by atoms with Crippen LogP contribution in [0.25, 0.3) is 22.0 Å². The summed E-state index contributed by atoms with van der Waals surface area (Å²) in [5, 5.41) is 2.15. The zero-order chi connectivity index (χ0) is 17.9. The van der Waals surface area contributed by atoms with Crippen molar-refractivity contribution in [2.75, 3.05) is 0 Å². The van der Waals surface area contributed by atoms with Crippen molar-refractivity contribution in [2.45, 2.75) is 13.3 Å². The SMILES string of the molecule is CCc1cc(-c2cccnc2Oc2cccc3c(Cl)nccc23)ncn1. The first-order chi connectivity index (χ1) is 12.8. The quantitative estimate of drug-likeness (QED) is 0.473. The van der Waals surface area contributed by atoms with Crippen LogP contribution in [0.4, 0.5) is 0 Å². The monoisotopic (exact) mass is 362 g/mol. The van der Waals surface area contributed by atoms with Crippen LogP contribution in [-0.4, -0.2) is 19.9 Å². The van der Waals surface area contributed by atoms with Gasteiger partial charge in [-0.3, -0.25) is 0 Å². The lowest BCUT2D eigenvalue weighted by atomic mass is 10.1. The van der Waals surface area contributed by atoms with Crippen molar-refractivity contribution in [3.8, 4) is 22.9 Å². The van der Waals surface area contributed by atoms with Gasteiger partial charge in [0.05, 0.1) is 11.3 Å². The van der Waals surface area contributed by atoms with Gasteiger partial charge in [-0.25, -0.2) is 19.9 Å². The third-order valence-electron chi connectivity index (χ3n) is 4.06. The molecule has 1 aromatic carbocycles. The fourth-order valence-electron chi connectivity index (χ4n) is 2.74. The fourth-order valence-corrected chi connectivity index (χ4v) is 2.96. The highest BCUT2D eigenvalue weighted by Crippen LogP contribution is 2.35. The number of aromatic nitrogens is 4. The van der Waals surface area contributed by atoms with E-state index in [1.807, 2.05) is 42.5 Å². The van der Waals surface area contributed by atoms with Gasteiger partial charge in [0.15, 0.2) is 0 Å². The van der Waals surface area contributed by atoms with E-state index < -0.39 is 0 Å². The molecule has 0 amide bonds. The predicted molar refractivity (Wildman–Crippen MR) is 101 cm³/mol. The first-order valence-electron chi connectivity index (χ1n) is 8.23. The number of aryl methyl sites for hydroxylation is 1. The van der Waals surface area contributed by atoms with E-state index in [-0.39, 0.29) is 0 Å². The zero-order valence-corrected chi connectivity index (χ0v) is 14.8. The maximum Gasteiger partial charge on any atom is 0.228 e. The highest BCUT2D eigenvalue weighted by atomic mass is 35.5. The Labute approximate surface area is 155 Å². The van der Waals surface area contributed by atoms with E-state index in [1.165, 1.54) is 0 Å². The molecule has 0 saturated heterocycles. The van der Waals surface area contributed by atoms with E-state index in [1.54, 1.807) is 18.7 Å². The van der Waals surface area contributed by atoms with Gasteiger partial charge in [0, 0.05) is 28.9 Å². The minimum Gasteiger partial charge on any atom is -0.438 e. The van der Waals surface area contributed by atoms with Gasteiger partial charge in [0.2, 0.25) is 5.88 Å². The van der Waals surface area contributed by atoms with Crippen LogP contribution in [0.1, 0.15) is 12.6 Å². The average molecular weight is 363 g/mol. The molecule has 0 aliphatic rings. The van der Waals surface area contributed by atoms with Gasteiger partial charge in [-0.1, -0.05) is 30.7 Å². The Morgan fingerprint density at radius 3 is 2.73 bits per heavy atom. The van der Waals surface area contributed by atoms with E-state index in [2.05, 4.69) is 26.9 Å². The van der Waals surface area contributed by atoms with Gasteiger partial charge in [0.1, 0.15) is 17.2 Å². The summed E-state index contributed by atoms with van der Waals surface area (Å²) in [5.41, 5.74) is 2.55. The lowest BCUT2D eigenvalue weighted by molar-refractivity contribution is 0.470. The third kappa shape index (κ3) is 3.09. The molecule has 3 heterocycles. The summed E-state index contributed by atoms with van der Waals surface area (Å²) in [6.07, 6.45) is 5.75. The summed E-state index contributed by atoms with van der Waals surface area (Å²) < 4.78 is 6.15. The van der Waals surface area contributed by atoms with Gasteiger partial charge in [0.25, 0.3) is 0 Å². The average Bonchev–Trinajstić information content (AvgIpc) is 2.69. The molecule has 0 saturated carbocycles. The van der Waals surface area contributed by atoms with Gasteiger partial charge < -0.3 is 4.74 Å². The smallest absolute Gasteiger partial charge is 0.228 e. The molecule has 4 rings (SSSR count). The molecule has 0 fully saturated rings. The topological polar surface area (TPSA) is 60.8 Å². The molecule has 0 radical (unpaired) electrons. The summed E-state index contributed by atoms with van der Waals surface area (Å²) in [6.45, 7) is 2.06. The molecule has 6 heteroatoms. The Hall–Kier alpha value is -3.05. The Kier molecular flexibility index (Phi) is 4.46. The first-order valence-corrected chi connectivity index (χ1v) is 8.61. The fraction of sp³-hybridized carbons (Fsp3) is 0.100. The van der Waals surface area contributed by atoms with Crippen LogP contribution >= 0.6 is 11.6 Å². The Morgan fingerprint density at radius 1 is 0.923 bits per heavy atom. The van der Waals surface area contributed by atoms with Crippen molar-refractivity contribution < 1.29 is 4.74 Å². The van der Waals surface area contributed by atoms with Crippen molar-refractivity contribution in [1.29, 1.82) is 0 Å². The maximum absolute atomic E-state index is 6.19. The maximum atomic E-state index is 6.19. The number of ether oxygens (including phenoxy) is 1. The number of pyridine rings is 2. The molecule has 0 N–H and O–H groups in total. The standard InChI is InChI=1S/C20H15ClN4O/c1-2-13-11-17(25-12-24-13)16-6-4-9-23-20(16)26-18-7-3-5-15-14(18)8-10-22-19(15)21/h3-12H,2H2,1H3. The van der Waals surface area contributed by atoms with Gasteiger partial charge in [-0.05, 0) is 36.8 Å². The molecule has 0 aliphatic carbocycles. The van der Waals surface area contributed by atoms with Crippen molar-refractivity contribution in [3.63, 3.8) is 0 Å². The van der Waals surface area contributed by atoms with Crippen molar-refractivity contribution in [2.24, 2.45) is 0 Å². The van der Waals surface area contributed by atoms with E-state index in [0.717, 1.165) is 34.1 Å². The van der Waals surface area contributed by atoms with E-state index in [0.29, 0.717) is 16.8 Å². The second kappa shape index (κ2) is 7.06. The van der Waals surface area contributed by atoms with Crippen LogP contribution in [0.2, 0.25) is 5.15 Å². The van der Waals surface area contributed by atoms with Crippen LogP contribution < -0.4 is 4.74 Å². The van der Waals surface area contributed by atoms with Gasteiger partial charge in [-0.2, -0.15) is 0 Å². The van der Waals surface area contributed by atoms with Crippen LogP contribution in [-0.2, 0) is 6.42 Å². The van der Waals surface area contributed by atoms with E-state index >= 15 is 0 Å². The molecule has 0 aliphatic heterocycles. The molecule has 4 aromatic rings. The second-order valence-electron chi connectivity index (χ2n) is 5.66. The first kappa shape index (κ1) is 16.4. The number of nitrogens with zero attached hydrogens (tertiary/aromatic N) is 4. The lowest BCUT2D eigenvalue weighted by Gasteiger charge is -2.12. The van der Waals surface area contributed by atoms with Gasteiger partial charge >= 0.3 is 0 Å². The number of hydrogen-bond acceptors (Lipinski definition) is 5. The number of halogens is 1. The summed E-state index contributed by atoms with van der Waals surface area (Å²) in [6, 6.07) is 13.3. The van der Waals surface area contributed by atoms with Gasteiger partial charge in [-0.15, -0.1) is 0 Å². The highest BCUT2D eigenvalue weighted by molar-refractivity contribution is 6.34. The minimum absolute atomic E-state index is 0.442. The Morgan fingerprint density at radius 2 is 1.85 bits per heavy atom. The largest absolute Gasteiger partial charge is 0.438 e. The molecular weight excluding hydrogens is 348 g/mol. The summed E-state index contributed by atoms with van der Waals surface area (Å²) in [4.78, 5) is 17.1. The minimum atomic E-state index is 0.442. The van der Waals surface area contributed by atoms with Crippen LogP contribution in [0.15, 0.2) is 61.2 Å². The lowest BCUT2D eigenvalue weighted by Crippen LogP contribution is -1.96. The van der Waals surface area contributed by atoms with E-state index in [9.17, 15) is 0 Å². The Balaban J connectivity index is 1.80. The number of rotatable bonds is 4. The zero-order valence-electron chi connectivity index (χ0n) is 14.1. The van der Waals surface area contributed by atoms with Crippen LogP contribution in [0.3, 0.4) is 0 Å². The third-order valence-corrected chi connectivity index (χ3v) is 4.36. The molecule has 26 heavy (non-hydrogen) atoms. The number of fused-ring (bicyclic) bond motifs is 1. The molecular formula is C20H15ClN4O. The van der Waals surface area contributed by atoms with E-state index in [4.69, 9.17) is 16.3 Å². The van der Waals surface area contributed by atoms with Crippen LogP contribution in [0, 0.1) is 0 Å². The normalized spacial score (nSPS) is 10.8. The number of benzene rings is 1. The second-order valence-corrected chi connectivity index (χ2v) is 6.02. The molecule has 128 valence electrons. The molecule has 5 nitrogen and oxygen atoms in total. The van der Waals surface area contributed by atoms with Crippen molar-refractivity contribution >= 4 is 22.4 Å².